The molecule has 2 atom stereocenters. The Hall–Kier alpha value is -3.07. The predicted molar refractivity (Wildman–Crippen MR) is 120 cm³/mol. The summed E-state index contributed by atoms with van der Waals surface area (Å²) in [5.74, 6) is -0.922. The van der Waals surface area contributed by atoms with Crippen LogP contribution < -0.4 is 0 Å². The number of hydrogen-bond acceptors (Lipinski definition) is 5. The summed E-state index contributed by atoms with van der Waals surface area (Å²) in [6.07, 6.45) is -5.47. The third kappa shape index (κ3) is 5.70. The van der Waals surface area contributed by atoms with Crippen LogP contribution in [0.4, 0.5) is 18.0 Å². The number of rotatable bonds is 4. The average Bonchev–Trinajstić information content (AvgIpc) is 3.21. The summed E-state index contributed by atoms with van der Waals surface area (Å²) in [5.41, 5.74) is 0.268. The van der Waals surface area contributed by atoms with Gasteiger partial charge in [0.2, 0.25) is 0 Å². The SMILES string of the molecule is COC(=O)c1ccc(-c2cc(C(F)(F)F)ccc2C2CN(C(=O)OC(C)(C)C)CC2OC)cc1. The van der Waals surface area contributed by atoms with Crippen molar-refractivity contribution in [1.82, 2.24) is 4.90 Å². The van der Waals surface area contributed by atoms with E-state index < -0.39 is 35.5 Å². The fourth-order valence-corrected chi connectivity index (χ4v) is 4.00. The number of amides is 1. The Morgan fingerprint density at radius 2 is 1.62 bits per heavy atom. The number of carbonyl (C=O) groups excluding carboxylic acids is 2. The number of halogens is 3. The molecule has 1 fully saturated rings. The summed E-state index contributed by atoms with van der Waals surface area (Å²) in [6, 6.07) is 9.71. The second-order valence-corrected chi connectivity index (χ2v) is 9.13. The summed E-state index contributed by atoms with van der Waals surface area (Å²) >= 11 is 0. The minimum Gasteiger partial charge on any atom is -0.465 e. The predicted octanol–water partition coefficient (Wildman–Crippen LogP) is 5.51. The van der Waals surface area contributed by atoms with Crippen molar-refractivity contribution in [2.45, 2.75) is 44.6 Å². The Bertz CT molecular complexity index is 1040. The molecule has 2 unspecified atom stereocenters. The number of ether oxygens (including phenoxy) is 3. The molecule has 1 amide bonds. The van der Waals surface area contributed by atoms with Crippen molar-refractivity contribution in [3.05, 3.63) is 59.2 Å². The van der Waals surface area contributed by atoms with E-state index in [9.17, 15) is 22.8 Å². The van der Waals surface area contributed by atoms with Gasteiger partial charge in [0.15, 0.2) is 0 Å². The molecule has 0 N–H and O–H groups in total. The first-order valence-corrected chi connectivity index (χ1v) is 10.7. The van der Waals surface area contributed by atoms with Crippen molar-refractivity contribution in [3.8, 4) is 11.1 Å². The number of carbonyl (C=O) groups is 2. The van der Waals surface area contributed by atoms with Crippen LogP contribution in [0.25, 0.3) is 11.1 Å². The Kier molecular flexibility index (Phi) is 7.26. The molecule has 184 valence electrons. The van der Waals surface area contributed by atoms with Crippen molar-refractivity contribution in [2.24, 2.45) is 0 Å². The lowest BCUT2D eigenvalue weighted by Gasteiger charge is -2.24. The number of nitrogens with zero attached hydrogens (tertiary/aromatic N) is 1. The van der Waals surface area contributed by atoms with Crippen molar-refractivity contribution in [2.75, 3.05) is 27.3 Å². The lowest BCUT2D eigenvalue weighted by molar-refractivity contribution is -0.137. The standard InChI is InChI=1S/C25H28F3NO5/c1-24(2,3)34-23(31)29-13-20(21(14-29)32-4)18-11-10-17(25(26,27)28)12-19(18)15-6-8-16(9-7-15)22(30)33-5/h6-12,20-21H,13-14H2,1-5H3. The minimum absolute atomic E-state index is 0.228. The number of likely N-dealkylation sites (tertiary alicyclic amines) is 1. The molecule has 1 aliphatic rings. The highest BCUT2D eigenvalue weighted by Crippen LogP contribution is 2.40. The molecular weight excluding hydrogens is 451 g/mol. The first-order chi connectivity index (χ1) is 15.8. The normalized spacial score (nSPS) is 18.6. The van der Waals surface area contributed by atoms with Gasteiger partial charge in [0.1, 0.15) is 5.60 Å². The third-order valence-electron chi connectivity index (χ3n) is 5.62. The third-order valence-corrected chi connectivity index (χ3v) is 5.62. The van der Waals surface area contributed by atoms with E-state index in [2.05, 4.69) is 0 Å². The van der Waals surface area contributed by atoms with Crippen LogP contribution in [-0.4, -0.2) is 56.0 Å². The number of alkyl halides is 3. The van der Waals surface area contributed by atoms with E-state index in [0.717, 1.165) is 12.1 Å². The van der Waals surface area contributed by atoms with Crippen LogP contribution in [0.5, 0.6) is 0 Å². The Morgan fingerprint density at radius 3 is 2.15 bits per heavy atom. The maximum absolute atomic E-state index is 13.5. The summed E-state index contributed by atoms with van der Waals surface area (Å²) in [4.78, 5) is 25.9. The topological polar surface area (TPSA) is 65.1 Å². The van der Waals surface area contributed by atoms with Crippen LogP contribution in [0.1, 0.15) is 48.2 Å². The molecule has 0 aromatic heterocycles. The van der Waals surface area contributed by atoms with Crippen molar-refractivity contribution >= 4 is 12.1 Å². The van der Waals surface area contributed by atoms with Crippen LogP contribution in [0.15, 0.2) is 42.5 Å². The number of esters is 1. The Balaban J connectivity index is 2.03. The largest absolute Gasteiger partial charge is 0.465 e. The number of methoxy groups -OCH3 is 2. The van der Waals surface area contributed by atoms with E-state index in [-0.39, 0.29) is 24.6 Å². The van der Waals surface area contributed by atoms with Crippen LogP contribution in [0.3, 0.4) is 0 Å². The van der Waals surface area contributed by atoms with Crippen molar-refractivity contribution in [1.29, 1.82) is 0 Å². The zero-order chi connectivity index (χ0) is 25.3. The zero-order valence-corrected chi connectivity index (χ0v) is 19.7. The zero-order valence-electron chi connectivity index (χ0n) is 19.7. The summed E-state index contributed by atoms with van der Waals surface area (Å²) in [7, 11) is 2.76. The van der Waals surface area contributed by atoms with Crippen LogP contribution >= 0.6 is 0 Å². The van der Waals surface area contributed by atoms with Gasteiger partial charge < -0.3 is 19.1 Å². The molecule has 0 aliphatic carbocycles. The molecule has 0 spiro atoms. The molecule has 0 saturated carbocycles. The molecule has 1 heterocycles. The maximum atomic E-state index is 13.5. The fourth-order valence-electron chi connectivity index (χ4n) is 4.00. The van der Waals surface area contributed by atoms with Crippen LogP contribution in [0.2, 0.25) is 0 Å². The average molecular weight is 479 g/mol. The Morgan fingerprint density at radius 1 is 0.971 bits per heavy atom. The van der Waals surface area contributed by atoms with Crippen molar-refractivity contribution < 1.29 is 37.0 Å². The van der Waals surface area contributed by atoms with E-state index >= 15 is 0 Å². The van der Waals surface area contributed by atoms with Gasteiger partial charge in [-0.15, -0.1) is 0 Å². The van der Waals surface area contributed by atoms with Gasteiger partial charge in [-0.2, -0.15) is 13.2 Å². The molecule has 0 bridgehead atoms. The molecular formula is C25H28F3NO5. The van der Waals surface area contributed by atoms with Crippen molar-refractivity contribution in [3.63, 3.8) is 0 Å². The van der Waals surface area contributed by atoms with E-state index in [4.69, 9.17) is 14.2 Å². The fraction of sp³-hybridized carbons (Fsp3) is 0.440. The first kappa shape index (κ1) is 25.6. The molecule has 1 saturated heterocycles. The highest BCUT2D eigenvalue weighted by molar-refractivity contribution is 5.90. The van der Waals surface area contributed by atoms with E-state index in [1.54, 1.807) is 32.9 Å². The highest BCUT2D eigenvalue weighted by atomic mass is 19.4. The van der Waals surface area contributed by atoms with Gasteiger partial charge >= 0.3 is 18.2 Å². The second-order valence-electron chi connectivity index (χ2n) is 9.13. The summed E-state index contributed by atoms with van der Waals surface area (Å²) < 4.78 is 56.3. The molecule has 2 aromatic rings. The molecule has 3 rings (SSSR count). The van der Waals surface area contributed by atoms with Gasteiger partial charge in [-0.05, 0) is 61.7 Å². The lowest BCUT2D eigenvalue weighted by atomic mass is 9.87. The first-order valence-electron chi connectivity index (χ1n) is 10.7. The molecule has 1 aliphatic heterocycles. The van der Waals surface area contributed by atoms with E-state index in [0.29, 0.717) is 16.7 Å². The van der Waals surface area contributed by atoms with Gasteiger partial charge in [-0.25, -0.2) is 9.59 Å². The van der Waals surface area contributed by atoms with Gasteiger partial charge in [0.25, 0.3) is 0 Å². The molecule has 6 nitrogen and oxygen atoms in total. The molecule has 9 heteroatoms. The van der Waals surface area contributed by atoms with E-state index in [1.165, 1.54) is 37.3 Å². The van der Waals surface area contributed by atoms with Crippen LogP contribution in [-0.2, 0) is 20.4 Å². The highest BCUT2D eigenvalue weighted by Gasteiger charge is 2.40. The van der Waals surface area contributed by atoms with Gasteiger partial charge in [-0.3, -0.25) is 0 Å². The van der Waals surface area contributed by atoms with Gasteiger partial charge in [-0.1, -0.05) is 18.2 Å². The lowest BCUT2D eigenvalue weighted by Crippen LogP contribution is -2.36. The molecule has 2 aromatic carbocycles. The minimum atomic E-state index is -4.53. The monoisotopic (exact) mass is 479 g/mol. The molecule has 0 radical (unpaired) electrons. The van der Waals surface area contributed by atoms with Crippen LogP contribution in [0, 0.1) is 0 Å². The maximum Gasteiger partial charge on any atom is 0.416 e. The quantitative estimate of drug-likeness (QED) is 0.541. The summed E-state index contributed by atoms with van der Waals surface area (Å²) in [5, 5.41) is 0. The smallest absolute Gasteiger partial charge is 0.416 e. The van der Waals surface area contributed by atoms with Gasteiger partial charge in [0, 0.05) is 19.6 Å². The van der Waals surface area contributed by atoms with Gasteiger partial charge in [0.05, 0.1) is 30.9 Å². The van der Waals surface area contributed by atoms with E-state index in [1.807, 2.05) is 0 Å². The second kappa shape index (κ2) is 9.66. The number of benzene rings is 2. The summed E-state index contributed by atoms with van der Waals surface area (Å²) in [6.45, 7) is 5.76. The Labute approximate surface area is 196 Å². The number of hydrogen-bond donors (Lipinski definition) is 0. The molecule has 34 heavy (non-hydrogen) atoms.